The Kier molecular flexibility index (Phi) is 8.74. The maximum absolute atomic E-state index is 12.1. The van der Waals surface area contributed by atoms with Gasteiger partial charge in [0.15, 0.2) is 6.61 Å². The van der Waals surface area contributed by atoms with Crippen LogP contribution in [0, 0.1) is 0 Å². The van der Waals surface area contributed by atoms with E-state index in [1.165, 1.54) is 14.0 Å². The van der Waals surface area contributed by atoms with Crippen molar-refractivity contribution in [1.29, 1.82) is 0 Å². The Morgan fingerprint density at radius 3 is 2.43 bits per heavy atom. The Morgan fingerprint density at radius 2 is 1.96 bits per heavy atom. The minimum atomic E-state index is -4.72. The predicted molar refractivity (Wildman–Crippen MR) is 69.3 cm³/mol. The summed E-state index contributed by atoms with van der Waals surface area (Å²) in [6.45, 7) is -0.457. The number of rotatable bonds is 9. The first-order chi connectivity index (χ1) is 10.6. The molecule has 0 rings (SSSR count). The molecule has 0 aliphatic rings. The van der Waals surface area contributed by atoms with Gasteiger partial charge in [-0.1, -0.05) is 0 Å². The van der Waals surface area contributed by atoms with E-state index in [9.17, 15) is 27.6 Å². The van der Waals surface area contributed by atoms with Gasteiger partial charge in [-0.2, -0.15) is 18.0 Å². The Bertz CT molecular complexity index is 489. The Hall–Kier alpha value is -2.26. The highest BCUT2D eigenvalue weighted by molar-refractivity contribution is 6.25. The van der Waals surface area contributed by atoms with Crippen molar-refractivity contribution < 1.29 is 41.8 Å². The molecular formula is C12H16F3N3O5. The van der Waals surface area contributed by atoms with E-state index in [-0.39, 0.29) is 12.8 Å². The summed E-state index contributed by atoms with van der Waals surface area (Å²) < 4.78 is 44.9. The number of amides is 1. The van der Waals surface area contributed by atoms with E-state index >= 15 is 0 Å². The minimum Gasteiger partial charge on any atom is -0.455 e. The van der Waals surface area contributed by atoms with Gasteiger partial charge in [0, 0.05) is 13.5 Å². The van der Waals surface area contributed by atoms with Gasteiger partial charge in [0.2, 0.25) is 11.7 Å². The first-order valence-electron chi connectivity index (χ1n) is 6.37. The molecule has 1 amide bonds. The first-order valence-corrected chi connectivity index (χ1v) is 6.37. The molecule has 23 heavy (non-hydrogen) atoms. The van der Waals surface area contributed by atoms with E-state index in [1.807, 2.05) is 0 Å². The number of alkyl halides is 3. The molecule has 0 aliphatic carbocycles. The fourth-order valence-corrected chi connectivity index (χ4v) is 1.31. The number of methoxy groups -OCH3 is 1. The second-order valence-corrected chi connectivity index (χ2v) is 4.41. The second-order valence-electron chi connectivity index (χ2n) is 4.41. The fourth-order valence-electron chi connectivity index (χ4n) is 1.31. The van der Waals surface area contributed by atoms with Gasteiger partial charge in [-0.25, -0.2) is 4.79 Å². The average Bonchev–Trinajstić information content (AvgIpc) is 2.47. The number of carbonyl (C=O) groups is 3. The monoisotopic (exact) mass is 339 g/mol. The van der Waals surface area contributed by atoms with Crippen LogP contribution >= 0.6 is 0 Å². The van der Waals surface area contributed by atoms with E-state index in [0.717, 1.165) is 0 Å². The number of nitrogens with zero attached hydrogens (tertiary/aromatic N) is 2. The largest absolute Gasteiger partial charge is 0.455 e. The van der Waals surface area contributed by atoms with Crippen molar-refractivity contribution in [3.05, 3.63) is 5.53 Å². The number of Topliss-reactive ketones (excluding diaryl/α,β-unsaturated/α-hetero) is 1. The van der Waals surface area contributed by atoms with E-state index in [0.29, 0.717) is 6.21 Å². The molecule has 0 aliphatic heterocycles. The van der Waals surface area contributed by atoms with E-state index < -0.39 is 42.6 Å². The molecule has 0 heterocycles. The summed E-state index contributed by atoms with van der Waals surface area (Å²) in [5, 5.41) is 2.14. The summed E-state index contributed by atoms with van der Waals surface area (Å²) in [7, 11) is 1.22. The van der Waals surface area contributed by atoms with Gasteiger partial charge in [-0.15, -0.1) is 0 Å². The number of hydrogen-bond acceptors (Lipinski definition) is 5. The van der Waals surface area contributed by atoms with Crippen LogP contribution in [0.1, 0.15) is 19.8 Å². The first kappa shape index (κ1) is 20.7. The van der Waals surface area contributed by atoms with E-state index in [1.54, 1.807) is 0 Å². The van der Waals surface area contributed by atoms with Crippen LogP contribution in [-0.2, 0) is 23.9 Å². The lowest BCUT2D eigenvalue weighted by atomic mass is 10.1. The number of carbonyl (C=O) groups excluding carboxylic acids is 3. The van der Waals surface area contributed by atoms with Crippen molar-refractivity contribution in [3.8, 4) is 0 Å². The maximum Gasteiger partial charge on any atom is 0.422 e. The lowest BCUT2D eigenvalue weighted by Crippen LogP contribution is -2.46. The Labute approximate surface area is 129 Å². The van der Waals surface area contributed by atoms with E-state index in [2.05, 4.69) is 14.8 Å². The Morgan fingerprint density at radius 1 is 1.35 bits per heavy atom. The van der Waals surface area contributed by atoms with Crippen LogP contribution in [0.25, 0.3) is 5.53 Å². The summed E-state index contributed by atoms with van der Waals surface area (Å²) in [6, 6.07) is -1.47. The summed E-state index contributed by atoms with van der Waals surface area (Å²) in [4.78, 5) is 36.9. The van der Waals surface area contributed by atoms with Gasteiger partial charge >= 0.3 is 18.4 Å². The quantitative estimate of drug-likeness (QED) is 0.280. The third kappa shape index (κ3) is 9.38. The summed E-state index contributed by atoms with van der Waals surface area (Å²) in [5.41, 5.74) is 8.18. The van der Waals surface area contributed by atoms with Crippen LogP contribution in [0.2, 0.25) is 0 Å². The molecule has 0 aromatic carbocycles. The molecule has 0 unspecified atom stereocenters. The highest BCUT2D eigenvalue weighted by Gasteiger charge is 2.32. The number of ketones is 1. The number of ether oxygens (including phenoxy) is 2. The topological polar surface area (TPSA) is 118 Å². The normalized spacial score (nSPS) is 13.4. The van der Waals surface area contributed by atoms with Crippen LogP contribution in [0.15, 0.2) is 0 Å². The predicted octanol–water partition coefficient (Wildman–Crippen LogP) is 0.261. The Balaban J connectivity index is 4.83. The molecule has 1 N–H and O–H groups in total. The average molecular weight is 339 g/mol. The maximum atomic E-state index is 12.1. The second kappa shape index (κ2) is 9.70. The molecule has 11 heteroatoms. The molecule has 0 aromatic heterocycles. The molecule has 0 bridgehead atoms. The SMILES string of the molecule is CO[C@H](C)C(=O)N[C@@H](CCC(=O)C=[N+]=[N-])C(=O)OCC(F)(F)F. The molecular weight excluding hydrogens is 323 g/mol. The summed E-state index contributed by atoms with van der Waals surface area (Å²) >= 11 is 0. The van der Waals surface area contributed by atoms with Gasteiger partial charge < -0.3 is 20.3 Å². The van der Waals surface area contributed by atoms with Crippen LogP contribution in [0.3, 0.4) is 0 Å². The molecule has 0 saturated heterocycles. The van der Waals surface area contributed by atoms with Crippen LogP contribution < -0.4 is 5.32 Å². The standard InChI is InChI=1S/C12H16F3N3O5/c1-7(22-2)10(20)18-9(4-3-8(19)5-17-16)11(21)23-6-12(13,14)15/h5,7,9H,3-4,6H2,1-2H3,(H,18,20)/t7-,9+/m1/s1. The van der Waals surface area contributed by atoms with Crippen LogP contribution in [-0.4, -0.2) is 60.7 Å². The summed E-state index contributed by atoms with van der Waals surface area (Å²) in [6.07, 6.45) is -5.79. The molecule has 0 fully saturated rings. The molecule has 130 valence electrons. The molecule has 8 nitrogen and oxygen atoms in total. The van der Waals surface area contributed by atoms with Crippen LogP contribution in [0.4, 0.5) is 13.2 Å². The number of nitrogens with one attached hydrogen (secondary N) is 1. The lowest BCUT2D eigenvalue weighted by molar-refractivity contribution is -0.188. The number of halogens is 3. The van der Waals surface area contributed by atoms with E-state index in [4.69, 9.17) is 10.3 Å². The van der Waals surface area contributed by atoms with Gasteiger partial charge in [0.05, 0.1) is 0 Å². The molecule has 0 radical (unpaired) electrons. The van der Waals surface area contributed by atoms with Crippen molar-refractivity contribution in [1.82, 2.24) is 5.32 Å². The summed E-state index contributed by atoms with van der Waals surface area (Å²) in [5.74, 6) is -2.78. The van der Waals surface area contributed by atoms with Gasteiger partial charge in [-0.05, 0) is 13.3 Å². The highest BCUT2D eigenvalue weighted by Crippen LogP contribution is 2.15. The molecule has 0 aromatic rings. The fraction of sp³-hybridized carbons (Fsp3) is 0.667. The zero-order valence-electron chi connectivity index (χ0n) is 12.4. The zero-order chi connectivity index (χ0) is 18.0. The van der Waals surface area contributed by atoms with Crippen molar-refractivity contribution in [3.63, 3.8) is 0 Å². The molecule has 2 atom stereocenters. The third-order valence-electron chi connectivity index (χ3n) is 2.58. The lowest BCUT2D eigenvalue weighted by Gasteiger charge is -2.19. The van der Waals surface area contributed by atoms with Crippen molar-refractivity contribution >= 4 is 23.9 Å². The molecule has 0 spiro atoms. The molecule has 0 saturated carbocycles. The van der Waals surface area contributed by atoms with Crippen LogP contribution in [0.5, 0.6) is 0 Å². The number of hydrogen-bond donors (Lipinski definition) is 1. The van der Waals surface area contributed by atoms with Gasteiger partial charge in [0.1, 0.15) is 12.1 Å². The van der Waals surface area contributed by atoms with Crippen molar-refractivity contribution in [2.24, 2.45) is 0 Å². The van der Waals surface area contributed by atoms with Crippen molar-refractivity contribution in [2.45, 2.75) is 38.1 Å². The zero-order valence-corrected chi connectivity index (χ0v) is 12.4. The van der Waals surface area contributed by atoms with Gasteiger partial charge in [0.25, 0.3) is 0 Å². The third-order valence-corrected chi connectivity index (χ3v) is 2.58. The van der Waals surface area contributed by atoms with Gasteiger partial charge in [-0.3, -0.25) is 9.59 Å². The number of esters is 1. The highest BCUT2D eigenvalue weighted by atomic mass is 19.4. The van der Waals surface area contributed by atoms with Crippen molar-refractivity contribution in [2.75, 3.05) is 13.7 Å². The minimum absolute atomic E-state index is 0.330. The smallest absolute Gasteiger partial charge is 0.422 e.